The first-order chi connectivity index (χ1) is 9.96. The van der Waals surface area contributed by atoms with E-state index in [4.69, 9.17) is 4.42 Å². The molecular weight excluding hydrogens is 358 g/mol. The van der Waals surface area contributed by atoms with Gasteiger partial charge in [-0.25, -0.2) is 8.42 Å². The number of aromatic nitrogens is 2. The highest BCUT2D eigenvalue weighted by Gasteiger charge is 2.10. The Bertz CT molecular complexity index is 700. The third kappa shape index (κ3) is 5.22. The summed E-state index contributed by atoms with van der Waals surface area (Å²) in [4.78, 5) is 0. The van der Waals surface area contributed by atoms with Gasteiger partial charge >= 0.3 is 0 Å². The van der Waals surface area contributed by atoms with Crippen LogP contribution in [0, 0.1) is 0 Å². The molecule has 1 N–H and O–H groups in total. The molecule has 0 bridgehead atoms. The average Bonchev–Trinajstić information content (AvgIpc) is 2.86. The van der Waals surface area contributed by atoms with Crippen molar-refractivity contribution in [3.05, 3.63) is 34.6 Å². The van der Waals surface area contributed by atoms with Gasteiger partial charge in [-0.05, 0) is 41.0 Å². The van der Waals surface area contributed by atoms with Gasteiger partial charge in [0.25, 0.3) is 0 Å². The van der Waals surface area contributed by atoms with Crippen LogP contribution in [0.3, 0.4) is 0 Å². The Kier molecular flexibility index (Phi) is 5.49. The van der Waals surface area contributed by atoms with Crippen molar-refractivity contribution in [1.29, 1.82) is 0 Å². The van der Waals surface area contributed by atoms with Crippen molar-refractivity contribution in [3.63, 3.8) is 0 Å². The summed E-state index contributed by atoms with van der Waals surface area (Å²) in [5, 5.41) is 11.0. The van der Waals surface area contributed by atoms with E-state index in [9.17, 15) is 8.42 Å². The Morgan fingerprint density at radius 3 is 2.76 bits per heavy atom. The number of benzene rings is 1. The molecule has 0 aliphatic rings. The highest BCUT2D eigenvalue weighted by atomic mass is 79.9. The lowest BCUT2D eigenvalue weighted by molar-refractivity contribution is 0.477. The van der Waals surface area contributed by atoms with Gasteiger partial charge in [0.1, 0.15) is 9.84 Å². The van der Waals surface area contributed by atoms with Crippen molar-refractivity contribution in [3.8, 4) is 11.5 Å². The molecule has 0 saturated carbocycles. The first kappa shape index (κ1) is 16.1. The molecule has 1 aromatic heterocycles. The topological polar surface area (TPSA) is 85.1 Å². The number of halogens is 1. The molecule has 0 radical (unpaired) electrons. The molecule has 0 fully saturated rings. The normalized spacial score (nSPS) is 11.7. The average molecular weight is 374 g/mol. The van der Waals surface area contributed by atoms with Crippen LogP contribution in [0.15, 0.2) is 33.2 Å². The molecule has 114 valence electrons. The second-order valence-corrected chi connectivity index (χ2v) is 7.76. The van der Waals surface area contributed by atoms with Crippen LogP contribution in [-0.2, 0) is 16.4 Å². The number of hydrogen-bond donors (Lipinski definition) is 1. The maximum atomic E-state index is 11.0. The van der Waals surface area contributed by atoms with Crippen molar-refractivity contribution in [2.75, 3.05) is 18.6 Å². The minimum atomic E-state index is -2.90. The van der Waals surface area contributed by atoms with E-state index < -0.39 is 9.84 Å². The molecule has 21 heavy (non-hydrogen) atoms. The van der Waals surface area contributed by atoms with E-state index >= 15 is 0 Å². The van der Waals surface area contributed by atoms with Crippen LogP contribution in [-0.4, -0.2) is 37.2 Å². The lowest BCUT2D eigenvalue weighted by Crippen LogP contribution is -2.18. The second kappa shape index (κ2) is 7.15. The van der Waals surface area contributed by atoms with Gasteiger partial charge in [-0.1, -0.05) is 12.1 Å². The summed E-state index contributed by atoms with van der Waals surface area (Å²) in [6.45, 7) is 1.00. The number of nitrogens with zero attached hydrogens (tertiary/aromatic N) is 2. The van der Waals surface area contributed by atoms with Gasteiger partial charge in [-0.15, -0.1) is 10.2 Å². The summed E-state index contributed by atoms with van der Waals surface area (Å²) in [7, 11) is -2.90. The first-order valence-electron chi connectivity index (χ1n) is 6.41. The Labute approximate surface area is 132 Å². The molecular formula is C13H16BrN3O3S. The molecule has 0 saturated heterocycles. The van der Waals surface area contributed by atoms with E-state index in [0.29, 0.717) is 31.3 Å². The van der Waals surface area contributed by atoms with Crippen LogP contribution in [0.5, 0.6) is 0 Å². The minimum absolute atomic E-state index is 0.173. The molecule has 2 rings (SSSR count). The van der Waals surface area contributed by atoms with E-state index in [-0.39, 0.29) is 5.75 Å². The molecule has 0 amide bonds. The third-order valence-corrected chi connectivity index (χ3v) is 4.44. The van der Waals surface area contributed by atoms with Crippen molar-refractivity contribution < 1.29 is 12.8 Å². The van der Waals surface area contributed by atoms with Crippen LogP contribution in [0.4, 0.5) is 0 Å². The molecule has 0 spiro atoms. The summed E-state index contributed by atoms with van der Waals surface area (Å²) < 4.78 is 28.4. The fourth-order valence-corrected chi connectivity index (χ4v) is 2.85. The SMILES string of the molecule is CS(=O)(=O)CCCNCc1nnc(-c2ccccc2Br)o1. The molecule has 6 nitrogen and oxygen atoms in total. The number of nitrogens with one attached hydrogen (secondary N) is 1. The Morgan fingerprint density at radius 1 is 1.29 bits per heavy atom. The monoisotopic (exact) mass is 373 g/mol. The summed E-state index contributed by atoms with van der Waals surface area (Å²) in [5.41, 5.74) is 0.841. The van der Waals surface area contributed by atoms with Crippen LogP contribution in [0.25, 0.3) is 11.5 Å². The van der Waals surface area contributed by atoms with E-state index in [2.05, 4.69) is 31.4 Å². The largest absolute Gasteiger partial charge is 0.419 e. The van der Waals surface area contributed by atoms with Crippen molar-refractivity contribution in [2.24, 2.45) is 0 Å². The van der Waals surface area contributed by atoms with Gasteiger partial charge in [0.2, 0.25) is 11.8 Å². The molecule has 2 aromatic rings. The molecule has 0 aliphatic carbocycles. The zero-order valence-electron chi connectivity index (χ0n) is 11.5. The van der Waals surface area contributed by atoms with E-state index in [0.717, 1.165) is 10.0 Å². The first-order valence-corrected chi connectivity index (χ1v) is 9.27. The Balaban J connectivity index is 1.85. The van der Waals surface area contributed by atoms with Crippen LogP contribution < -0.4 is 5.32 Å². The smallest absolute Gasteiger partial charge is 0.248 e. The van der Waals surface area contributed by atoms with Gasteiger partial charge in [0, 0.05) is 10.7 Å². The molecule has 8 heteroatoms. The fraction of sp³-hybridized carbons (Fsp3) is 0.385. The van der Waals surface area contributed by atoms with Gasteiger partial charge < -0.3 is 9.73 Å². The standard InChI is InChI=1S/C13H16BrN3O3S/c1-21(18,19)8-4-7-15-9-12-16-17-13(20-12)10-5-2-3-6-11(10)14/h2-3,5-6,15H,4,7-9H2,1H3. The zero-order valence-corrected chi connectivity index (χ0v) is 13.9. The predicted octanol–water partition coefficient (Wildman–Crippen LogP) is 2.02. The molecule has 0 aliphatic heterocycles. The van der Waals surface area contributed by atoms with Crippen LogP contribution in [0.1, 0.15) is 12.3 Å². The number of hydrogen-bond acceptors (Lipinski definition) is 6. The lowest BCUT2D eigenvalue weighted by atomic mass is 10.2. The highest BCUT2D eigenvalue weighted by Crippen LogP contribution is 2.26. The number of sulfone groups is 1. The summed E-state index contributed by atoms with van der Waals surface area (Å²) in [6, 6.07) is 7.60. The second-order valence-electron chi connectivity index (χ2n) is 4.64. The Hall–Kier alpha value is -1.25. The molecule has 0 unspecified atom stereocenters. The summed E-state index contributed by atoms with van der Waals surface area (Å²) >= 11 is 3.43. The van der Waals surface area contributed by atoms with E-state index in [1.165, 1.54) is 6.26 Å². The van der Waals surface area contributed by atoms with E-state index in [1.54, 1.807) is 0 Å². The lowest BCUT2D eigenvalue weighted by Gasteiger charge is -2.01. The van der Waals surface area contributed by atoms with Gasteiger partial charge in [0.05, 0.1) is 17.9 Å². The van der Waals surface area contributed by atoms with Gasteiger partial charge in [0.15, 0.2) is 0 Å². The Morgan fingerprint density at radius 2 is 2.05 bits per heavy atom. The number of rotatable bonds is 7. The molecule has 0 atom stereocenters. The van der Waals surface area contributed by atoms with Crippen molar-refractivity contribution in [1.82, 2.24) is 15.5 Å². The summed E-state index contributed by atoms with van der Waals surface area (Å²) in [6.07, 6.45) is 1.79. The highest BCUT2D eigenvalue weighted by molar-refractivity contribution is 9.10. The molecule has 1 heterocycles. The van der Waals surface area contributed by atoms with Crippen LogP contribution in [0.2, 0.25) is 0 Å². The minimum Gasteiger partial charge on any atom is -0.419 e. The zero-order chi connectivity index (χ0) is 15.3. The van der Waals surface area contributed by atoms with Gasteiger partial charge in [-0.3, -0.25) is 0 Å². The summed E-state index contributed by atoms with van der Waals surface area (Å²) in [5.74, 6) is 1.10. The quantitative estimate of drug-likeness (QED) is 0.747. The maximum absolute atomic E-state index is 11.0. The fourth-order valence-electron chi connectivity index (χ4n) is 1.72. The maximum Gasteiger partial charge on any atom is 0.248 e. The van der Waals surface area contributed by atoms with E-state index in [1.807, 2.05) is 24.3 Å². The molecule has 1 aromatic carbocycles. The van der Waals surface area contributed by atoms with Gasteiger partial charge in [-0.2, -0.15) is 0 Å². The van der Waals surface area contributed by atoms with Crippen LogP contribution >= 0.6 is 15.9 Å². The third-order valence-electron chi connectivity index (χ3n) is 2.72. The van der Waals surface area contributed by atoms with Crippen molar-refractivity contribution in [2.45, 2.75) is 13.0 Å². The predicted molar refractivity (Wildman–Crippen MR) is 83.5 cm³/mol. The van der Waals surface area contributed by atoms with Crippen molar-refractivity contribution >= 4 is 25.8 Å².